The second kappa shape index (κ2) is 7.37. The van der Waals surface area contributed by atoms with E-state index in [1.165, 1.54) is 7.05 Å². The van der Waals surface area contributed by atoms with Crippen molar-refractivity contribution in [3.63, 3.8) is 0 Å². The maximum absolute atomic E-state index is 12.3. The Labute approximate surface area is 119 Å². The number of anilines is 1. The van der Waals surface area contributed by atoms with Crippen molar-refractivity contribution in [2.45, 2.75) is 19.8 Å². The van der Waals surface area contributed by atoms with Crippen LogP contribution in [0.25, 0.3) is 0 Å². The summed E-state index contributed by atoms with van der Waals surface area (Å²) < 4.78 is 25.2. The highest BCUT2D eigenvalue weighted by Crippen LogP contribution is 2.20. The van der Waals surface area contributed by atoms with E-state index >= 15 is 0 Å². The van der Waals surface area contributed by atoms with Crippen molar-refractivity contribution in [1.82, 2.24) is 9.88 Å². The number of halogens is 3. The zero-order chi connectivity index (χ0) is 14.4. The van der Waals surface area contributed by atoms with Crippen LogP contribution >= 0.6 is 15.9 Å². The molecule has 0 fully saturated rings. The lowest BCUT2D eigenvalue weighted by Crippen LogP contribution is -2.32. The van der Waals surface area contributed by atoms with Gasteiger partial charge in [0.1, 0.15) is 5.82 Å². The molecule has 0 aliphatic heterocycles. The van der Waals surface area contributed by atoms with Crippen LogP contribution in [0.15, 0.2) is 16.7 Å². The molecule has 0 spiro atoms. The maximum atomic E-state index is 12.3. The van der Waals surface area contributed by atoms with Gasteiger partial charge in [-0.3, -0.25) is 4.79 Å². The number of hydrogen-bond donors (Lipinski definition) is 1. The molecule has 1 heterocycles. The van der Waals surface area contributed by atoms with Crippen LogP contribution in [0, 0.1) is 0 Å². The van der Waals surface area contributed by atoms with Gasteiger partial charge in [0.15, 0.2) is 0 Å². The number of rotatable bonds is 6. The van der Waals surface area contributed by atoms with Crippen LogP contribution in [-0.4, -0.2) is 42.4 Å². The van der Waals surface area contributed by atoms with Gasteiger partial charge in [0.25, 0.3) is 12.3 Å². The molecule has 1 rings (SSSR count). The van der Waals surface area contributed by atoms with Crippen molar-refractivity contribution < 1.29 is 13.6 Å². The van der Waals surface area contributed by atoms with Crippen molar-refractivity contribution in [3.8, 4) is 0 Å². The SMILES string of the molecule is CCCNc1ncc(Br)cc1C(=O)N(C)CC(F)F. The van der Waals surface area contributed by atoms with E-state index in [1.54, 1.807) is 12.3 Å². The fraction of sp³-hybridized carbons (Fsp3) is 0.500. The maximum Gasteiger partial charge on any atom is 0.257 e. The summed E-state index contributed by atoms with van der Waals surface area (Å²) in [5.74, 6) is -0.0659. The van der Waals surface area contributed by atoms with Gasteiger partial charge in [0.2, 0.25) is 0 Å². The Hall–Kier alpha value is -1.24. The fourth-order valence-electron chi connectivity index (χ4n) is 1.48. The van der Waals surface area contributed by atoms with Gasteiger partial charge in [-0.25, -0.2) is 13.8 Å². The summed E-state index contributed by atoms with van der Waals surface area (Å²) in [6.45, 7) is 2.04. The average Bonchev–Trinajstić information content (AvgIpc) is 2.35. The van der Waals surface area contributed by atoms with Gasteiger partial charge in [-0.05, 0) is 28.4 Å². The Balaban J connectivity index is 2.95. The molecule has 1 aromatic rings. The van der Waals surface area contributed by atoms with Crippen molar-refractivity contribution >= 4 is 27.7 Å². The number of nitrogens with zero attached hydrogens (tertiary/aromatic N) is 2. The molecule has 0 saturated carbocycles. The minimum atomic E-state index is -2.55. The quantitative estimate of drug-likeness (QED) is 0.869. The first-order valence-electron chi connectivity index (χ1n) is 5.88. The zero-order valence-corrected chi connectivity index (χ0v) is 12.4. The number of hydrogen-bond acceptors (Lipinski definition) is 3. The number of alkyl halides is 2. The highest BCUT2D eigenvalue weighted by Gasteiger charge is 2.19. The van der Waals surface area contributed by atoms with Gasteiger partial charge in [0, 0.05) is 24.3 Å². The van der Waals surface area contributed by atoms with Crippen LogP contribution in [0.5, 0.6) is 0 Å². The van der Waals surface area contributed by atoms with Crippen molar-refractivity contribution in [2.75, 3.05) is 25.5 Å². The normalized spacial score (nSPS) is 10.6. The molecule has 7 heteroatoms. The van der Waals surface area contributed by atoms with Crippen LogP contribution in [0.4, 0.5) is 14.6 Å². The molecular weight excluding hydrogens is 320 g/mol. The first-order chi connectivity index (χ1) is 8.95. The molecule has 0 bridgehead atoms. The summed E-state index contributed by atoms with van der Waals surface area (Å²) in [6, 6.07) is 1.58. The summed E-state index contributed by atoms with van der Waals surface area (Å²) in [5.41, 5.74) is 0.283. The van der Waals surface area contributed by atoms with Crippen LogP contribution in [-0.2, 0) is 0 Å². The van der Waals surface area contributed by atoms with E-state index in [1.807, 2.05) is 6.92 Å². The largest absolute Gasteiger partial charge is 0.369 e. The predicted octanol–water partition coefficient (Wildman–Crippen LogP) is 3.00. The molecule has 0 saturated heterocycles. The van der Waals surface area contributed by atoms with E-state index in [0.29, 0.717) is 16.8 Å². The minimum Gasteiger partial charge on any atom is -0.369 e. The van der Waals surface area contributed by atoms with Gasteiger partial charge in [-0.1, -0.05) is 6.92 Å². The van der Waals surface area contributed by atoms with Crippen LogP contribution < -0.4 is 5.32 Å². The van der Waals surface area contributed by atoms with E-state index in [2.05, 4.69) is 26.2 Å². The molecule has 1 aromatic heterocycles. The third kappa shape index (κ3) is 4.74. The van der Waals surface area contributed by atoms with Crippen molar-refractivity contribution in [3.05, 3.63) is 22.3 Å². The van der Waals surface area contributed by atoms with E-state index in [0.717, 1.165) is 11.3 Å². The Morgan fingerprint density at radius 3 is 2.84 bits per heavy atom. The van der Waals surface area contributed by atoms with Crippen LogP contribution in [0.2, 0.25) is 0 Å². The minimum absolute atomic E-state index is 0.283. The van der Waals surface area contributed by atoms with Gasteiger partial charge in [-0.2, -0.15) is 0 Å². The van der Waals surface area contributed by atoms with Gasteiger partial charge in [-0.15, -0.1) is 0 Å². The van der Waals surface area contributed by atoms with Crippen LogP contribution in [0.1, 0.15) is 23.7 Å². The van der Waals surface area contributed by atoms with Gasteiger partial charge in [0.05, 0.1) is 12.1 Å². The van der Waals surface area contributed by atoms with Crippen molar-refractivity contribution in [1.29, 1.82) is 0 Å². The second-order valence-corrected chi connectivity index (χ2v) is 4.97. The average molecular weight is 336 g/mol. The number of carbonyl (C=O) groups excluding carboxylic acids is 1. The molecule has 4 nitrogen and oxygen atoms in total. The molecule has 0 aliphatic rings. The van der Waals surface area contributed by atoms with E-state index in [-0.39, 0.29) is 5.56 Å². The lowest BCUT2D eigenvalue weighted by atomic mass is 10.2. The number of carbonyl (C=O) groups is 1. The third-order valence-electron chi connectivity index (χ3n) is 2.39. The Kier molecular flexibility index (Phi) is 6.14. The Bertz CT molecular complexity index is 443. The summed E-state index contributed by atoms with van der Waals surface area (Å²) in [6.07, 6.45) is -0.124. The third-order valence-corrected chi connectivity index (χ3v) is 2.82. The topological polar surface area (TPSA) is 45.2 Å². The fourth-order valence-corrected chi connectivity index (χ4v) is 1.81. The second-order valence-electron chi connectivity index (χ2n) is 4.05. The molecule has 1 N–H and O–H groups in total. The van der Waals surface area contributed by atoms with Gasteiger partial charge < -0.3 is 10.2 Å². The Morgan fingerprint density at radius 2 is 2.26 bits per heavy atom. The smallest absolute Gasteiger partial charge is 0.257 e. The predicted molar refractivity (Wildman–Crippen MR) is 73.7 cm³/mol. The molecule has 106 valence electrons. The molecular formula is C12H16BrF2N3O. The first kappa shape index (κ1) is 15.8. The number of nitrogens with one attached hydrogen (secondary N) is 1. The molecule has 0 radical (unpaired) electrons. The summed E-state index contributed by atoms with van der Waals surface area (Å²) in [7, 11) is 1.35. The molecule has 0 aromatic carbocycles. The van der Waals surface area contributed by atoms with E-state index in [4.69, 9.17) is 0 Å². The highest BCUT2D eigenvalue weighted by atomic mass is 79.9. The first-order valence-corrected chi connectivity index (χ1v) is 6.68. The summed E-state index contributed by atoms with van der Waals surface area (Å²) >= 11 is 3.22. The Morgan fingerprint density at radius 1 is 1.58 bits per heavy atom. The monoisotopic (exact) mass is 335 g/mol. The standard InChI is InChI=1S/C12H16BrF2N3O/c1-3-4-16-11-9(5-8(13)6-17-11)12(19)18(2)7-10(14)15/h5-6,10H,3-4,7H2,1-2H3,(H,16,17). The molecule has 1 amide bonds. The highest BCUT2D eigenvalue weighted by molar-refractivity contribution is 9.10. The molecule has 0 unspecified atom stereocenters. The molecule has 19 heavy (non-hydrogen) atoms. The number of amides is 1. The lowest BCUT2D eigenvalue weighted by Gasteiger charge is -2.18. The molecule has 0 atom stereocenters. The van der Waals surface area contributed by atoms with Crippen molar-refractivity contribution in [2.24, 2.45) is 0 Å². The van der Waals surface area contributed by atoms with E-state index in [9.17, 15) is 13.6 Å². The number of pyridine rings is 1. The number of aromatic nitrogens is 1. The van der Waals surface area contributed by atoms with Gasteiger partial charge >= 0.3 is 0 Å². The zero-order valence-electron chi connectivity index (χ0n) is 10.8. The lowest BCUT2D eigenvalue weighted by molar-refractivity contribution is 0.0620. The summed E-state index contributed by atoms with van der Waals surface area (Å²) in [5, 5.41) is 3.01. The van der Waals surface area contributed by atoms with E-state index < -0.39 is 18.9 Å². The summed E-state index contributed by atoms with van der Waals surface area (Å²) in [4.78, 5) is 17.2. The van der Waals surface area contributed by atoms with Crippen LogP contribution in [0.3, 0.4) is 0 Å². The molecule has 0 aliphatic carbocycles.